The topological polar surface area (TPSA) is 69.6 Å². The molecule has 0 spiro atoms. The van der Waals surface area contributed by atoms with Crippen molar-refractivity contribution in [2.45, 2.75) is 26.4 Å². The molecule has 1 aromatic rings. The van der Waals surface area contributed by atoms with Crippen LogP contribution in [0.3, 0.4) is 0 Å². The number of carbonyl (C=O) groups excluding carboxylic acids is 2. The predicted octanol–water partition coefficient (Wildman–Crippen LogP) is 1.69. The summed E-state index contributed by atoms with van der Waals surface area (Å²) < 4.78 is 0. The number of likely N-dealkylation sites (N-methyl/N-ethyl adjacent to an activating group) is 1. The Balaban J connectivity index is 2.55. The Bertz CT molecular complexity index is 495. The zero-order valence-electron chi connectivity index (χ0n) is 12.5. The number of aliphatic hydroxyl groups is 1. The first-order valence-corrected chi connectivity index (χ1v) is 7.14. The molecule has 0 aliphatic heterocycles. The summed E-state index contributed by atoms with van der Waals surface area (Å²) in [5.41, 5.74) is -0.524. The van der Waals surface area contributed by atoms with Gasteiger partial charge in [0.2, 0.25) is 5.91 Å². The maximum absolute atomic E-state index is 12.0. The fourth-order valence-electron chi connectivity index (χ4n) is 1.81. The molecule has 0 unspecified atom stereocenters. The first-order chi connectivity index (χ1) is 9.73. The summed E-state index contributed by atoms with van der Waals surface area (Å²) in [4.78, 5) is 25.4. The van der Waals surface area contributed by atoms with Crippen LogP contribution in [0.2, 0.25) is 5.02 Å². The molecule has 116 valence electrons. The molecule has 0 fully saturated rings. The molecule has 0 atom stereocenters. The van der Waals surface area contributed by atoms with Gasteiger partial charge in [-0.05, 0) is 45.0 Å². The summed E-state index contributed by atoms with van der Waals surface area (Å²) in [7, 11) is 0. The van der Waals surface area contributed by atoms with Crippen LogP contribution in [0, 0.1) is 0 Å². The number of nitrogens with zero attached hydrogens (tertiary/aromatic N) is 1. The molecule has 21 heavy (non-hydrogen) atoms. The summed E-state index contributed by atoms with van der Waals surface area (Å²) in [6.07, 6.45) is 0. The second kappa shape index (κ2) is 7.43. The minimum Gasteiger partial charge on any atom is -0.389 e. The average Bonchev–Trinajstić information content (AvgIpc) is 2.41. The maximum Gasteiger partial charge on any atom is 0.251 e. The zero-order valence-corrected chi connectivity index (χ0v) is 13.3. The van der Waals surface area contributed by atoms with Gasteiger partial charge in [0.1, 0.15) is 0 Å². The Morgan fingerprint density at radius 1 is 1.29 bits per heavy atom. The lowest BCUT2D eigenvalue weighted by Crippen LogP contribution is -2.46. The van der Waals surface area contributed by atoms with Crippen molar-refractivity contribution in [2.24, 2.45) is 0 Å². The molecule has 0 bridgehead atoms. The van der Waals surface area contributed by atoms with E-state index in [1.807, 2.05) is 6.92 Å². The van der Waals surface area contributed by atoms with Crippen LogP contribution in [0.4, 0.5) is 0 Å². The van der Waals surface area contributed by atoms with E-state index < -0.39 is 5.60 Å². The number of benzene rings is 1. The lowest BCUT2D eigenvalue weighted by atomic mass is 10.1. The SMILES string of the molecule is CCN(CC(C)(C)O)C(=O)CNC(=O)c1ccc(Cl)cc1. The van der Waals surface area contributed by atoms with Gasteiger partial charge in [-0.2, -0.15) is 0 Å². The standard InChI is InChI=1S/C15H21ClN2O3/c1-4-18(10-15(2,3)21)13(19)9-17-14(20)11-5-7-12(16)8-6-11/h5-8,21H,4,9-10H2,1-3H3,(H,17,20). The quantitative estimate of drug-likeness (QED) is 0.840. The molecule has 0 radical (unpaired) electrons. The van der Waals surface area contributed by atoms with E-state index in [-0.39, 0.29) is 24.9 Å². The second-order valence-corrected chi connectivity index (χ2v) is 5.85. The Labute approximate surface area is 129 Å². The molecule has 5 nitrogen and oxygen atoms in total. The summed E-state index contributed by atoms with van der Waals surface area (Å²) in [6, 6.07) is 6.42. The van der Waals surface area contributed by atoms with Crippen LogP contribution in [-0.4, -0.2) is 47.1 Å². The fraction of sp³-hybridized carbons (Fsp3) is 0.467. The molecule has 6 heteroatoms. The lowest BCUT2D eigenvalue weighted by Gasteiger charge is -2.28. The summed E-state index contributed by atoms with van der Waals surface area (Å²) in [5.74, 6) is -0.568. The van der Waals surface area contributed by atoms with Crippen molar-refractivity contribution in [3.05, 3.63) is 34.9 Å². The van der Waals surface area contributed by atoms with Gasteiger partial charge in [-0.15, -0.1) is 0 Å². The minimum absolute atomic E-state index is 0.106. The minimum atomic E-state index is -0.966. The van der Waals surface area contributed by atoms with Crippen molar-refractivity contribution in [3.63, 3.8) is 0 Å². The molecule has 1 rings (SSSR count). The van der Waals surface area contributed by atoms with Crippen LogP contribution < -0.4 is 5.32 Å². The molecule has 2 N–H and O–H groups in total. The smallest absolute Gasteiger partial charge is 0.251 e. The van der Waals surface area contributed by atoms with E-state index in [2.05, 4.69) is 5.32 Å². The predicted molar refractivity (Wildman–Crippen MR) is 82.3 cm³/mol. The number of nitrogens with one attached hydrogen (secondary N) is 1. The Morgan fingerprint density at radius 2 is 1.86 bits per heavy atom. The van der Waals surface area contributed by atoms with Crippen LogP contribution in [0.15, 0.2) is 24.3 Å². The van der Waals surface area contributed by atoms with Gasteiger partial charge in [-0.3, -0.25) is 9.59 Å². The highest BCUT2D eigenvalue weighted by Gasteiger charge is 2.21. The van der Waals surface area contributed by atoms with Gasteiger partial charge in [-0.1, -0.05) is 11.6 Å². The van der Waals surface area contributed by atoms with Crippen LogP contribution in [0.5, 0.6) is 0 Å². The Hall–Kier alpha value is -1.59. The van der Waals surface area contributed by atoms with Crippen LogP contribution in [-0.2, 0) is 4.79 Å². The fourth-order valence-corrected chi connectivity index (χ4v) is 1.94. The van der Waals surface area contributed by atoms with Gasteiger partial charge in [-0.25, -0.2) is 0 Å². The van der Waals surface area contributed by atoms with Crippen LogP contribution in [0.25, 0.3) is 0 Å². The molecular formula is C15H21ClN2O3. The first kappa shape index (κ1) is 17.5. The van der Waals surface area contributed by atoms with Gasteiger partial charge < -0.3 is 15.3 Å². The number of hydrogen-bond acceptors (Lipinski definition) is 3. The Morgan fingerprint density at radius 3 is 2.33 bits per heavy atom. The number of rotatable bonds is 6. The summed E-state index contributed by atoms with van der Waals surface area (Å²) >= 11 is 5.75. The third-order valence-corrected chi connectivity index (χ3v) is 3.07. The van der Waals surface area contributed by atoms with E-state index in [0.29, 0.717) is 17.1 Å². The monoisotopic (exact) mass is 312 g/mol. The number of carbonyl (C=O) groups is 2. The highest BCUT2D eigenvalue weighted by molar-refractivity contribution is 6.30. The van der Waals surface area contributed by atoms with E-state index in [1.54, 1.807) is 38.1 Å². The number of amides is 2. The highest BCUT2D eigenvalue weighted by Crippen LogP contribution is 2.09. The Kier molecular flexibility index (Phi) is 6.18. The largest absolute Gasteiger partial charge is 0.389 e. The molecule has 0 saturated heterocycles. The molecule has 0 aliphatic rings. The van der Waals surface area contributed by atoms with E-state index in [1.165, 1.54) is 4.90 Å². The number of halogens is 1. The molecule has 0 aromatic heterocycles. The van der Waals surface area contributed by atoms with Crippen LogP contribution in [0.1, 0.15) is 31.1 Å². The summed E-state index contributed by atoms with van der Waals surface area (Å²) in [5, 5.41) is 12.9. The first-order valence-electron chi connectivity index (χ1n) is 6.77. The summed E-state index contributed by atoms with van der Waals surface area (Å²) in [6.45, 7) is 5.68. The van der Waals surface area contributed by atoms with Crippen molar-refractivity contribution < 1.29 is 14.7 Å². The van der Waals surface area contributed by atoms with Gasteiger partial charge in [0.05, 0.1) is 12.1 Å². The van der Waals surface area contributed by atoms with E-state index in [9.17, 15) is 14.7 Å². The molecule has 1 aromatic carbocycles. The van der Waals surface area contributed by atoms with Gasteiger partial charge >= 0.3 is 0 Å². The maximum atomic E-state index is 12.0. The zero-order chi connectivity index (χ0) is 16.0. The van der Waals surface area contributed by atoms with Crippen molar-refractivity contribution in [1.29, 1.82) is 0 Å². The van der Waals surface area contributed by atoms with E-state index in [0.717, 1.165) is 0 Å². The average molecular weight is 313 g/mol. The van der Waals surface area contributed by atoms with Gasteiger partial charge in [0, 0.05) is 23.7 Å². The van der Waals surface area contributed by atoms with Gasteiger partial charge in [0.15, 0.2) is 0 Å². The molecule has 0 saturated carbocycles. The van der Waals surface area contributed by atoms with Gasteiger partial charge in [0.25, 0.3) is 5.91 Å². The molecule has 0 aliphatic carbocycles. The molecule has 0 heterocycles. The second-order valence-electron chi connectivity index (χ2n) is 5.41. The third-order valence-electron chi connectivity index (χ3n) is 2.82. The van der Waals surface area contributed by atoms with E-state index >= 15 is 0 Å². The van der Waals surface area contributed by atoms with Crippen molar-refractivity contribution in [1.82, 2.24) is 10.2 Å². The number of hydrogen-bond donors (Lipinski definition) is 2. The van der Waals surface area contributed by atoms with Crippen LogP contribution >= 0.6 is 11.6 Å². The molecule has 2 amide bonds. The third kappa shape index (κ3) is 6.14. The van der Waals surface area contributed by atoms with Crippen molar-refractivity contribution in [2.75, 3.05) is 19.6 Å². The van der Waals surface area contributed by atoms with Crippen molar-refractivity contribution in [3.8, 4) is 0 Å². The van der Waals surface area contributed by atoms with E-state index in [4.69, 9.17) is 11.6 Å². The van der Waals surface area contributed by atoms with Crippen molar-refractivity contribution >= 4 is 23.4 Å². The highest BCUT2D eigenvalue weighted by atomic mass is 35.5. The molecular weight excluding hydrogens is 292 g/mol. The lowest BCUT2D eigenvalue weighted by molar-refractivity contribution is -0.132. The normalized spacial score (nSPS) is 11.1.